The fourth-order valence-electron chi connectivity index (χ4n) is 2.65. The molecule has 1 fully saturated rings. The van der Waals surface area contributed by atoms with Crippen molar-refractivity contribution >= 4 is 0 Å². The summed E-state index contributed by atoms with van der Waals surface area (Å²) in [5.74, 6) is 0.675. The number of ether oxygens (including phenoxy) is 1. The van der Waals surface area contributed by atoms with Crippen molar-refractivity contribution in [2.75, 3.05) is 0 Å². The molecule has 1 saturated carbocycles. The Morgan fingerprint density at radius 1 is 1.39 bits per heavy atom. The van der Waals surface area contributed by atoms with Gasteiger partial charge in [0.25, 0.3) is 0 Å². The Morgan fingerprint density at radius 2 is 2.17 bits per heavy atom. The van der Waals surface area contributed by atoms with Gasteiger partial charge in [0.2, 0.25) is 0 Å². The van der Waals surface area contributed by atoms with Crippen LogP contribution >= 0.6 is 0 Å². The summed E-state index contributed by atoms with van der Waals surface area (Å²) in [7, 11) is 0. The molecule has 1 aromatic rings. The van der Waals surface area contributed by atoms with Gasteiger partial charge in [-0.15, -0.1) is 0 Å². The molecule has 0 radical (unpaired) electrons. The van der Waals surface area contributed by atoms with Crippen LogP contribution in [0.25, 0.3) is 0 Å². The highest BCUT2D eigenvalue weighted by Crippen LogP contribution is 2.31. The highest BCUT2D eigenvalue weighted by molar-refractivity contribution is 5.43. The topological polar surface area (TPSA) is 33.0 Å². The summed E-state index contributed by atoms with van der Waals surface area (Å²) in [4.78, 5) is 0. The SMILES string of the molecule is CCC1CCCCC1Oc1ccc(F)cc1C#N. The van der Waals surface area contributed by atoms with Gasteiger partial charge in [0.15, 0.2) is 0 Å². The van der Waals surface area contributed by atoms with Crippen molar-refractivity contribution in [1.82, 2.24) is 0 Å². The average Bonchev–Trinajstić information content (AvgIpc) is 2.41. The van der Waals surface area contributed by atoms with Crippen molar-refractivity contribution in [3.63, 3.8) is 0 Å². The minimum absolute atomic E-state index is 0.168. The lowest BCUT2D eigenvalue weighted by Gasteiger charge is -2.31. The molecule has 18 heavy (non-hydrogen) atoms. The molecule has 0 amide bonds. The van der Waals surface area contributed by atoms with Gasteiger partial charge in [-0.25, -0.2) is 4.39 Å². The van der Waals surface area contributed by atoms with Crippen molar-refractivity contribution in [2.24, 2.45) is 5.92 Å². The number of benzene rings is 1. The van der Waals surface area contributed by atoms with Crippen LogP contribution in [0.5, 0.6) is 5.75 Å². The molecule has 0 N–H and O–H groups in total. The Morgan fingerprint density at radius 3 is 2.89 bits per heavy atom. The van der Waals surface area contributed by atoms with E-state index in [0.717, 1.165) is 12.8 Å². The number of hydrogen-bond donors (Lipinski definition) is 0. The zero-order valence-electron chi connectivity index (χ0n) is 10.7. The quantitative estimate of drug-likeness (QED) is 0.807. The summed E-state index contributed by atoms with van der Waals surface area (Å²) in [5, 5.41) is 9.00. The summed E-state index contributed by atoms with van der Waals surface area (Å²) >= 11 is 0. The summed E-state index contributed by atoms with van der Waals surface area (Å²) in [6.07, 6.45) is 5.90. The third kappa shape index (κ3) is 2.81. The van der Waals surface area contributed by atoms with Crippen LogP contribution in [0.15, 0.2) is 18.2 Å². The lowest BCUT2D eigenvalue weighted by Crippen LogP contribution is -2.30. The third-order valence-corrected chi connectivity index (χ3v) is 3.70. The molecule has 0 heterocycles. The first kappa shape index (κ1) is 12.9. The van der Waals surface area contributed by atoms with E-state index in [9.17, 15) is 4.39 Å². The predicted octanol–water partition coefficient (Wildman–Crippen LogP) is 4.04. The number of rotatable bonds is 3. The lowest BCUT2D eigenvalue weighted by molar-refractivity contribution is 0.0900. The van der Waals surface area contributed by atoms with Gasteiger partial charge in [0, 0.05) is 0 Å². The Hall–Kier alpha value is -1.56. The summed E-state index contributed by atoms with van der Waals surface area (Å²) in [6.45, 7) is 2.17. The zero-order chi connectivity index (χ0) is 13.0. The molecular formula is C15H18FNO. The van der Waals surface area contributed by atoms with Gasteiger partial charge in [0.05, 0.1) is 5.56 Å². The van der Waals surface area contributed by atoms with E-state index in [-0.39, 0.29) is 11.7 Å². The van der Waals surface area contributed by atoms with Crippen molar-refractivity contribution in [3.05, 3.63) is 29.6 Å². The van der Waals surface area contributed by atoms with Crippen LogP contribution in [0.3, 0.4) is 0 Å². The Kier molecular flexibility index (Phi) is 4.19. The predicted molar refractivity (Wildman–Crippen MR) is 67.8 cm³/mol. The van der Waals surface area contributed by atoms with Crippen molar-refractivity contribution in [2.45, 2.75) is 45.1 Å². The van der Waals surface area contributed by atoms with E-state index in [0.29, 0.717) is 11.7 Å². The fourth-order valence-corrected chi connectivity index (χ4v) is 2.65. The second kappa shape index (κ2) is 5.86. The van der Waals surface area contributed by atoms with Crippen molar-refractivity contribution in [3.8, 4) is 11.8 Å². The monoisotopic (exact) mass is 247 g/mol. The molecule has 2 unspecified atom stereocenters. The lowest BCUT2D eigenvalue weighted by atomic mass is 9.84. The van der Waals surface area contributed by atoms with E-state index < -0.39 is 5.82 Å². The van der Waals surface area contributed by atoms with Crippen LogP contribution in [-0.2, 0) is 0 Å². The first-order valence-electron chi connectivity index (χ1n) is 6.61. The molecule has 3 heteroatoms. The van der Waals surface area contributed by atoms with E-state index in [1.54, 1.807) is 6.07 Å². The van der Waals surface area contributed by atoms with Gasteiger partial charge in [-0.2, -0.15) is 5.26 Å². The molecule has 2 nitrogen and oxygen atoms in total. The fraction of sp³-hybridized carbons (Fsp3) is 0.533. The van der Waals surface area contributed by atoms with E-state index in [1.165, 1.54) is 31.4 Å². The molecule has 0 spiro atoms. The van der Waals surface area contributed by atoms with Crippen LogP contribution in [0.2, 0.25) is 0 Å². The molecule has 0 bridgehead atoms. The van der Waals surface area contributed by atoms with Crippen LogP contribution in [0, 0.1) is 23.1 Å². The Bertz CT molecular complexity index is 452. The maximum absolute atomic E-state index is 13.0. The van der Waals surface area contributed by atoms with Crippen LogP contribution in [0.1, 0.15) is 44.6 Å². The second-order valence-electron chi connectivity index (χ2n) is 4.86. The van der Waals surface area contributed by atoms with Crippen molar-refractivity contribution < 1.29 is 9.13 Å². The normalized spacial score (nSPS) is 23.4. The second-order valence-corrected chi connectivity index (χ2v) is 4.86. The highest BCUT2D eigenvalue weighted by Gasteiger charge is 2.25. The summed E-state index contributed by atoms with van der Waals surface area (Å²) < 4.78 is 19.0. The average molecular weight is 247 g/mol. The minimum Gasteiger partial charge on any atom is -0.489 e. The Labute approximate surface area is 107 Å². The number of halogens is 1. The van der Waals surface area contributed by atoms with Gasteiger partial charge in [-0.05, 0) is 49.8 Å². The van der Waals surface area contributed by atoms with Gasteiger partial charge in [0.1, 0.15) is 23.7 Å². The molecule has 1 aromatic carbocycles. The number of nitriles is 1. The molecular weight excluding hydrogens is 229 g/mol. The van der Waals surface area contributed by atoms with Gasteiger partial charge in [-0.3, -0.25) is 0 Å². The van der Waals surface area contributed by atoms with E-state index in [4.69, 9.17) is 10.00 Å². The van der Waals surface area contributed by atoms with Crippen molar-refractivity contribution in [1.29, 1.82) is 5.26 Å². The van der Waals surface area contributed by atoms with Gasteiger partial charge < -0.3 is 4.74 Å². The molecule has 1 aliphatic carbocycles. The molecule has 1 aliphatic rings. The summed E-state index contributed by atoms with van der Waals surface area (Å²) in [5.41, 5.74) is 0.287. The minimum atomic E-state index is -0.394. The maximum Gasteiger partial charge on any atom is 0.137 e. The molecule has 2 rings (SSSR count). The summed E-state index contributed by atoms with van der Waals surface area (Å²) in [6, 6.07) is 6.14. The van der Waals surface area contributed by atoms with Crippen LogP contribution in [0.4, 0.5) is 4.39 Å². The smallest absolute Gasteiger partial charge is 0.137 e. The number of hydrogen-bond acceptors (Lipinski definition) is 2. The molecule has 2 atom stereocenters. The molecule has 0 saturated heterocycles. The molecule has 0 aromatic heterocycles. The molecule has 0 aliphatic heterocycles. The molecule has 96 valence electrons. The van der Waals surface area contributed by atoms with Gasteiger partial charge in [-0.1, -0.05) is 13.3 Å². The first-order chi connectivity index (χ1) is 8.74. The number of nitrogens with zero attached hydrogens (tertiary/aromatic N) is 1. The van der Waals surface area contributed by atoms with Crippen LogP contribution < -0.4 is 4.74 Å². The Balaban J connectivity index is 2.15. The first-order valence-corrected chi connectivity index (χ1v) is 6.61. The standard InChI is InChI=1S/C15H18FNO/c1-2-11-5-3-4-6-14(11)18-15-8-7-13(16)9-12(15)10-17/h7-9,11,14H,2-6H2,1H3. The highest BCUT2D eigenvalue weighted by atomic mass is 19.1. The largest absolute Gasteiger partial charge is 0.489 e. The van der Waals surface area contributed by atoms with E-state index in [1.807, 2.05) is 6.07 Å². The maximum atomic E-state index is 13.0. The zero-order valence-corrected chi connectivity index (χ0v) is 10.7. The van der Waals surface area contributed by atoms with Crippen LogP contribution in [-0.4, -0.2) is 6.10 Å². The van der Waals surface area contributed by atoms with Gasteiger partial charge >= 0.3 is 0 Å². The van der Waals surface area contributed by atoms with E-state index >= 15 is 0 Å². The third-order valence-electron chi connectivity index (χ3n) is 3.70. The van der Waals surface area contributed by atoms with E-state index in [2.05, 4.69) is 6.92 Å².